The number of anilines is 1. The third-order valence-corrected chi connectivity index (χ3v) is 7.69. The molecule has 2 aromatic carbocycles. The number of benzene rings is 2. The molecular weight excluding hydrogens is 530 g/mol. The summed E-state index contributed by atoms with van der Waals surface area (Å²) < 4.78 is 42.4. The number of rotatable bonds is 9. The second-order valence-electron chi connectivity index (χ2n) is 9.43. The lowest BCUT2D eigenvalue weighted by molar-refractivity contribution is -0.140. The second-order valence-corrected chi connectivity index (χ2v) is 12.3. The Kier molecular flexibility index (Phi) is 9.75. The Morgan fingerprint density at radius 3 is 2.19 bits per heavy atom. The van der Waals surface area contributed by atoms with Crippen molar-refractivity contribution in [3.63, 3.8) is 0 Å². The van der Waals surface area contributed by atoms with Crippen molar-refractivity contribution in [3.8, 4) is 0 Å². The Labute approximate surface area is 222 Å². The maximum Gasteiger partial charge on any atom is 0.304 e. The summed E-state index contributed by atoms with van der Waals surface area (Å²) in [5.74, 6) is -1.97. The molecule has 0 saturated heterocycles. The van der Waals surface area contributed by atoms with E-state index in [2.05, 4.69) is 5.32 Å². The van der Waals surface area contributed by atoms with Gasteiger partial charge in [0.15, 0.2) is 0 Å². The standard InChI is InChI=1S/C24H31Cl2FN4O4S/c1-16(23(33)28-24(2,3)4)30(14-17-11-12-18(25)19(26)13-17)22(32)15-31(36(34,35)29(5)6)21-10-8-7-9-20(21)27/h7-13,16H,14-15H2,1-6H3,(H,28,33). The van der Waals surface area contributed by atoms with Gasteiger partial charge in [0.05, 0.1) is 15.7 Å². The van der Waals surface area contributed by atoms with E-state index in [1.165, 1.54) is 44.1 Å². The van der Waals surface area contributed by atoms with Gasteiger partial charge in [-0.2, -0.15) is 12.7 Å². The van der Waals surface area contributed by atoms with Gasteiger partial charge in [0.25, 0.3) is 0 Å². The van der Waals surface area contributed by atoms with E-state index in [1.54, 1.807) is 39.0 Å². The predicted octanol–water partition coefficient (Wildman–Crippen LogP) is 4.08. The molecule has 2 rings (SSSR count). The number of amides is 2. The van der Waals surface area contributed by atoms with Gasteiger partial charge in [-0.1, -0.05) is 41.4 Å². The fourth-order valence-electron chi connectivity index (χ4n) is 3.25. The van der Waals surface area contributed by atoms with Crippen molar-refractivity contribution in [1.82, 2.24) is 14.5 Å². The second kappa shape index (κ2) is 11.8. The van der Waals surface area contributed by atoms with Gasteiger partial charge in [-0.3, -0.25) is 9.59 Å². The molecule has 1 atom stereocenters. The molecule has 1 N–H and O–H groups in total. The van der Waals surface area contributed by atoms with Gasteiger partial charge in [-0.25, -0.2) is 8.70 Å². The van der Waals surface area contributed by atoms with Gasteiger partial charge in [-0.15, -0.1) is 0 Å². The third kappa shape index (κ3) is 7.55. The van der Waals surface area contributed by atoms with Gasteiger partial charge >= 0.3 is 10.2 Å². The predicted molar refractivity (Wildman–Crippen MR) is 141 cm³/mol. The van der Waals surface area contributed by atoms with Crippen molar-refractivity contribution in [1.29, 1.82) is 0 Å². The average molecular weight is 562 g/mol. The first kappa shape index (κ1) is 29.8. The van der Waals surface area contributed by atoms with Crippen LogP contribution in [0.1, 0.15) is 33.3 Å². The van der Waals surface area contributed by atoms with Gasteiger partial charge in [0, 0.05) is 26.2 Å². The summed E-state index contributed by atoms with van der Waals surface area (Å²) in [5.41, 5.74) is -0.293. The zero-order valence-electron chi connectivity index (χ0n) is 21.0. The van der Waals surface area contributed by atoms with Gasteiger partial charge < -0.3 is 10.2 Å². The van der Waals surface area contributed by atoms with E-state index in [0.29, 0.717) is 14.9 Å². The van der Waals surface area contributed by atoms with Crippen LogP contribution in [0.2, 0.25) is 10.0 Å². The van der Waals surface area contributed by atoms with Crippen LogP contribution >= 0.6 is 23.2 Å². The van der Waals surface area contributed by atoms with E-state index in [-0.39, 0.29) is 17.3 Å². The van der Waals surface area contributed by atoms with Crippen LogP contribution in [0.3, 0.4) is 0 Å². The van der Waals surface area contributed by atoms with E-state index in [1.807, 2.05) is 0 Å². The first-order valence-corrected chi connectivity index (χ1v) is 13.2. The highest BCUT2D eigenvalue weighted by Crippen LogP contribution is 2.26. The molecule has 0 spiro atoms. The molecule has 36 heavy (non-hydrogen) atoms. The monoisotopic (exact) mass is 560 g/mol. The first-order chi connectivity index (χ1) is 16.5. The van der Waals surface area contributed by atoms with Crippen LogP contribution in [-0.2, 0) is 26.3 Å². The molecule has 198 valence electrons. The SMILES string of the molecule is CC(C(=O)NC(C)(C)C)N(Cc1ccc(Cl)c(Cl)c1)C(=O)CN(c1ccccc1F)S(=O)(=O)N(C)C. The topological polar surface area (TPSA) is 90.0 Å². The van der Waals surface area contributed by atoms with Crippen molar-refractivity contribution >= 4 is 50.9 Å². The molecule has 2 amide bonds. The van der Waals surface area contributed by atoms with Gasteiger partial charge in [0.2, 0.25) is 11.8 Å². The lowest BCUT2D eigenvalue weighted by Crippen LogP contribution is -2.55. The van der Waals surface area contributed by atoms with Crippen LogP contribution in [-0.4, -0.2) is 61.7 Å². The Morgan fingerprint density at radius 2 is 1.67 bits per heavy atom. The number of carbonyl (C=O) groups is 2. The molecule has 0 fully saturated rings. The quantitative estimate of drug-likeness (QED) is 0.500. The summed E-state index contributed by atoms with van der Waals surface area (Å²) in [5, 5.41) is 3.40. The molecule has 2 aromatic rings. The highest BCUT2D eigenvalue weighted by molar-refractivity contribution is 7.90. The van der Waals surface area contributed by atoms with Crippen LogP contribution in [0, 0.1) is 5.82 Å². The summed E-state index contributed by atoms with van der Waals surface area (Å²) >= 11 is 12.1. The van der Waals surface area contributed by atoms with E-state index >= 15 is 0 Å². The van der Waals surface area contributed by atoms with Crippen LogP contribution in [0.25, 0.3) is 0 Å². The van der Waals surface area contributed by atoms with Crippen molar-refractivity contribution < 1.29 is 22.4 Å². The Morgan fingerprint density at radius 1 is 1.06 bits per heavy atom. The fourth-order valence-corrected chi connectivity index (χ4v) is 4.63. The van der Waals surface area contributed by atoms with Crippen LogP contribution in [0.15, 0.2) is 42.5 Å². The molecule has 0 saturated carbocycles. The maximum absolute atomic E-state index is 14.6. The number of nitrogens with zero attached hydrogens (tertiary/aromatic N) is 3. The Balaban J connectivity index is 2.51. The molecule has 0 aromatic heterocycles. The number of halogens is 3. The Hall–Kier alpha value is -2.40. The Bertz CT molecular complexity index is 1220. The first-order valence-electron chi connectivity index (χ1n) is 11.0. The van der Waals surface area contributed by atoms with Crippen molar-refractivity contribution in [2.45, 2.75) is 45.8 Å². The van der Waals surface area contributed by atoms with E-state index in [9.17, 15) is 22.4 Å². The number of carbonyl (C=O) groups excluding carboxylic acids is 2. The smallest absolute Gasteiger partial charge is 0.304 e. The zero-order chi connectivity index (χ0) is 27.4. The number of nitrogens with one attached hydrogen (secondary N) is 1. The van der Waals surface area contributed by atoms with Crippen LogP contribution in [0.5, 0.6) is 0 Å². The minimum atomic E-state index is -4.26. The van der Waals surface area contributed by atoms with Crippen molar-refractivity contribution in [2.75, 3.05) is 24.9 Å². The molecule has 0 radical (unpaired) electrons. The van der Waals surface area contributed by atoms with Crippen molar-refractivity contribution in [2.24, 2.45) is 0 Å². The minimum Gasteiger partial charge on any atom is -0.350 e. The molecule has 12 heteroatoms. The largest absolute Gasteiger partial charge is 0.350 e. The lowest BCUT2D eigenvalue weighted by Gasteiger charge is -2.34. The van der Waals surface area contributed by atoms with Crippen molar-refractivity contribution in [3.05, 3.63) is 63.9 Å². The number of para-hydroxylation sites is 1. The van der Waals surface area contributed by atoms with E-state index in [4.69, 9.17) is 23.2 Å². The molecule has 0 aliphatic rings. The molecular formula is C24H31Cl2FN4O4S. The van der Waals surface area contributed by atoms with E-state index in [0.717, 1.165) is 10.4 Å². The molecule has 0 bridgehead atoms. The highest BCUT2D eigenvalue weighted by atomic mass is 35.5. The molecule has 1 unspecified atom stereocenters. The van der Waals surface area contributed by atoms with Crippen LogP contribution < -0.4 is 9.62 Å². The molecule has 8 nitrogen and oxygen atoms in total. The fraction of sp³-hybridized carbons (Fsp3) is 0.417. The number of hydrogen-bond acceptors (Lipinski definition) is 4. The van der Waals surface area contributed by atoms with Crippen LogP contribution in [0.4, 0.5) is 10.1 Å². The molecule has 0 aliphatic heterocycles. The normalized spacial score (nSPS) is 12.8. The van der Waals surface area contributed by atoms with Gasteiger partial charge in [-0.05, 0) is 57.5 Å². The third-order valence-electron chi connectivity index (χ3n) is 5.14. The minimum absolute atomic E-state index is 0.0679. The number of hydrogen-bond donors (Lipinski definition) is 1. The maximum atomic E-state index is 14.6. The van der Waals surface area contributed by atoms with E-state index < -0.39 is 46.0 Å². The highest BCUT2D eigenvalue weighted by Gasteiger charge is 2.34. The summed E-state index contributed by atoms with van der Waals surface area (Å²) in [6.45, 7) is 6.12. The molecule has 0 aliphatic carbocycles. The molecule has 0 heterocycles. The summed E-state index contributed by atoms with van der Waals surface area (Å²) in [6.07, 6.45) is 0. The van der Waals surface area contributed by atoms with Gasteiger partial charge in [0.1, 0.15) is 18.4 Å². The summed E-state index contributed by atoms with van der Waals surface area (Å²) in [4.78, 5) is 27.8. The lowest BCUT2D eigenvalue weighted by atomic mass is 10.1. The summed E-state index contributed by atoms with van der Waals surface area (Å²) in [6, 6.07) is 9.02. The average Bonchev–Trinajstić information content (AvgIpc) is 2.76. The zero-order valence-corrected chi connectivity index (χ0v) is 23.4. The summed E-state index contributed by atoms with van der Waals surface area (Å²) in [7, 11) is -1.71.